The minimum atomic E-state index is -1.39. The molecule has 0 spiro atoms. The fourth-order valence-corrected chi connectivity index (χ4v) is 7.23. The Balaban J connectivity index is 1.72. The summed E-state index contributed by atoms with van der Waals surface area (Å²) in [7, 11) is 2.92. The van der Waals surface area contributed by atoms with E-state index < -0.39 is 23.5 Å². The van der Waals surface area contributed by atoms with Gasteiger partial charge in [0.1, 0.15) is 6.23 Å². The maximum Gasteiger partial charge on any atom is 0.343 e. The Labute approximate surface area is 205 Å². The van der Waals surface area contributed by atoms with Crippen molar-refractivity contribution in [3.63, 3.8) is 0 Å². The molecule has 0 unspecified atom stereocenters. The number of rotatable bonds is 2. The lowest BCUT2D eigenvalue weighted by molar-refractivity contribution is -0.210. The first-order valence-corrected chi connectivity index (χ1v) is 12.1. The molecule has 1 saturated heterocycles. The topological polar surface area (TPSA) is 83.7 Å². The highest BCUT2D eigenvalue weighted by atomic mass is 16.6. The molecule has 36 heavy (non-hydrogen) atoms. The highest BCUT2D eigenvalue weighted by Crippen LogP contribution is 2.58. The summed E-state index contributed by atoms with van der Waals surface area (Å²) >= 11 is 0. The second-order valence-electron chi connectivity index (χ2n) is 10.0. The predicted molar refractivity (Wildman–Crippen MR) is 134 cm³/mol. The van der Waals surface area contributed by atoms with Gasteiger partial charge < -0.3 is 28.7 Å². The highest BCUT2D eigenvalue weighted by Gasteiger charge is 2.67. The van der Waals surface area contributed by atoms with Gasteiger partial charge in [0.05, 0.1) is 34.7 Å². The smallest absolute Gasteiger partial charge is 0.343 e. The molecule has 1 N–H and O–H groups in total. The van der Waals surface area contributed by atoms with E-state index in [4.69, 9.17) is 14.2 Å². The minimum absolute atomic E-state index is 0.0611. The SMILES string of the molecule is COC(=O)[C@]1(OC)C[C@@H]2O[C@]1(C)n1c3ccccc3c3c4c(c5c6ccccc6n2c5c31)C(=O)NC4. The van der Waals surface area contributed by atoms with Crippen LogP contribution in [0.1, 0.15) is 35.5 Å². The average Bonchev–Trinajstić information content (AvgIpc) is 3.60. The highest BCUT2D eigenvalue weighted by molar-refractivity contribution is 6.31. The summed E-state index contributed by atoms with van der Waals surface area (Å²) in [5, 5.41) is 6.98. The van der Waals surface area contributed by atoms with Gasteiger partial charge in [0.25, 0.3) is 5.91 Å². The van der Waals surface area contributed by atoms with E-state index in [1.54, 1.807) is 7.11 Å². The molecule has 3 aliphatic heterocycles. The van der Waals surface area contributed by atoms with Crippen molar-refractivity contribution in [2.24, 2.45) is 0 Å². The van der Waals surface area contributed by atoms with Gasteiger partial charge in [0, 0.05) is 41.6 Å². The molecule has 8 nitrogen and oxygen atoms in total. The van der Waals surface area contributed by atoms with Gasteiger partial charge in [0.15, 0.2) is 5.72 Å². The third-order valence-corrected chi connectivity index (χ3v) is 8.67. The molecule has 1 amide bonds. The summed E-state index contributed by atoms with van der Waals surface area (Å²) in [5.41, 5.74) is 2.85. The van der Waals surface area contributed by atoms with Crippen LogP contribution in [0.25, 0.3) is 43.6 Å². The number of benzene rings is 3. The fourth-order valence-electron chi connectivity index (χ4n) is 7.23. The second kappa shape index (κ2) is 6.27. The molecule has 8 rings (SSSR count). The van der Waals surface area contributed by atoms with Gasteiger partial charge in [-0.05, 0) is 24.6 Å². The molecule has 0 aliphatic carbocycles. The van der Waals surface area contributed by atoms with Crippen molar-refractivity contribution in [3.05, 3.63) is 59.7 Å². The molecular weight excluding hydrogens is 458 g/mol. The van der Waals surface area contributed by atoms with E-state index in [1.807, 2.05) is 43.3 Å². The number of esters is 1. The monoisotopic (exact) mass is 481 g/mol. The van der Waals surface area contributed by atoms with E-state index in [-0.39, 0.29) is 12.3 Å². The summed E-state index contributed by atoms with van der Waals surface area (Å²) in [6, 6.07) is 16.2. The molecule has 3 aliphatic rings. The van der Waals surface area contributed by atoms with Crippen molar-refractivity contribution in [2.45, 2.75) is 37.4 Å². The van der Waals surface area contributed by atoms with Gasteiger partial charge in [0.2, 0.25) is 5.60 Å². The number of para-hydroxylation sites is 2. The van der Waals surface area contributed by atoms with Gasteiger partial charge in [-0.3, -0.25) is 4.79 Å². The summed E-state index contributed by atoms with van der Waals surface area (Å²) in [5.74, 6) is -0.538. The van der Waals surface area contributed by atoms with Gasteiger partial charge >= 0.3 is 5.97 Å². The fraction of sp³-hybridized carbons (Fsp3) is 0.286. The lowest BCUT2D eigenvalue weighted by atomic mass is 9.88. The Kier molecular flexibility index (Phi) is 3.54. The molecule has 180 valence electrons. The number of aromatic nitrogens is 2. The summed E-state index contributed by atoms with van der Waals surface area (Å²) in [6.07, 6.45) is -0.252. The van der Waals surface area contributed by atoms with Crippen molar-refractivity contribution in [1.29, 1.82) is 0 Å². The van der Waals surface area contributed by atoms with Crippen molar-refractivity contribution >= 4 is 55.5 Å². The van der Waals surface area contributed by atoms with Crippen LogP contribution in [0, 0.1) is 0 Å². The zero-order valence-corrected chi connectivity index (χ0v) is 20.0. The molecular formula is C28H23N3O5. The van der Waals surface area contributed by atoms with E-state index in [0.29, 0.717) is 6.54 Å². The molecule has 0 radical (unpaired) electrons. The van der Waals surface area contributed by atoms with Crippen LogP contribution in [-0.4, -0.2) is 40.8 Å². The standard InChI is InChI=1S/C28H23N3O5/c1-27-28(35-3,26(33)34-2)12-19(36-27)30-17-10-6-4-8-14(17)21-22-16(13-29-25(22)32)20-15-9-5-7-11-18(15)31(27)24(20)23(21)30/h4-11,19H,12-13H2,1-3H3,(H,29,32)/t19-,27-,28+/m0/s1. The van der Waals surface area contributed by atoms with E-state index in [9.17, 15) is 9.59 Å². The molecule has 2 bridgehead atoms. The number of amides is 1. The van der Waals surface area contributed by atoms with Crippen LogP contribution in [0.5, 0.6) is 0 Å². The second-order valence-corrected chi connectivity index (χ2v) is 10.0. The van der Waals surface area contributed by atoms with Crippen molar-refractivity contribution in [2.75, 3.05) is 14.2 Å². The number of fused-ring (bicyclic) bond motifs is 13. The first kappa shape index (κ1) is 20.3. The first-order chi connectivity index (χ1) is 17.5. The van der Waals surface area contributed by atoms with Crippen LogP contribution in [0.4, 0.5) is 0 Å². The maximum atomic E-state index is 13.5. The first-order valence-electron chi connectivity index (χ1n) is 12.1. The van der Waals surface area contributed by atoms with Crippen LogP contribution in [0.3, 0.4) is 0 Å². The van der Waals surface area contributed by atoms with Gasteiger partial charge in [-0.15, -0.1) is 0 Å². The van der Waals surface area contributed by atoms with Crippen LogP contribution >= 0.6 is 0 Å². The van der Waals surface area contributed by atoms with Gasteiger partial charge in [-0.1, -0.05) is 36.4 Å². The van der Waals surface area contributed by atoms with Crippen molar-refractivity contribution in [1.82, 2.24) is 14.5 Å². The number of carbonyl (C=O) groups excluding carboxylic acids is 2. The predicted octanol–water partition coefficient (Wildman–Crippen LogP) is 4.31. The summed E-state index contributed by atoms with van der Waals surface area (Å²) in [4.78, 5) is 26.8. The lowest BCUT2D eigenvalue weighted by Gasteiger charge is -2.40. The van der Waals surface area contributed by atoms with Gasteiger partial charge in [-0.2, -0.15) is 0 Å². The zero-order valence-electron chi connectivity index (χ0n) is 20.0. The molecule has 3 atom stereocenters. The van der Waals surface area contributed by atoms with E-state index >= 15 is 0 Å². The van der Waals surface area contributed by atoms with Gasteiger partial charge in [-0.25, -0.2) is 4.79 Å². The Bertz CT molecular complexity index is 1850. The summed E-state index contributed by atoms with van der Waals surface area (Å²) < 4.78 is 22.6. The zero-order chi connectivity index (χ0) is 24.6. The van der Waals surface area contributed by atoms with Crippen LogP contribution in [0.2, 0.25) is 0 Å². The number of methoxy groups -OCH3 is 2. The Morgan fingerprint density at radius 2 is 1.72 bits per heavy atom. The molecule has 3 aromatic carbocycles. The third-order valence-electron chi connectivity index (χ3n) is 8.67. The van der Waals surface area contributed by atoms with E-state index in [2.05, 4.69) is 26.6 Å². The number of nitrogens with one attached hydrogen (secondary N) is 1. The number of hydrogen-bond acceptors (Lipinski definition) is 5. The summed E-state index contributed by atoms with van der Waals surface area (Å²) in [6.45, 7) is 2.36. The molecule has 0 saturated carbocycles. The number of hydrogen-bond donors (Lipinski definition) is 1. The Morgan fingerprint density at radius 1 is 1.03 bits per heavy atom. The van der Waals surface area contributed by atoms with Crippen LogP contribution in [-0.2, 0) is 31.3 Å². The quantitative estimate of drug-likeness (QED) is 0.380. The minimum Gasteiger partial charge on any atom is -0.467 e. The van der Waals surface area contributed by atoms with E-state index in [0.717, 1.165) is 54.7 Å². The van der Waals surface area contributed by atoms with Crippen molar-refractivity contribution in [3.8, 4) is 0 Å². The average molecular weight is 482 g/mol. The third kappa shape index (κ3) is 1.93. The van der Waals surface area contributed by atoms with E-state index in [1.165, 1.54) is 7.11 Å². The van der Waals surface area contributed by atoms with Crippen molar-refractivity contribution < 1.29 is 23.8 Å². The Morgan fingerprint density at radius 3 is 2.44 bits per heavy atom. The number of ether oxygens (including phenoxy) is 3. The molecule has 5 aromatic rings. The maximum absolute atomic E-state index is 13.5. The largest absolute Gasteiger partial charge is 0.467 e. The molecule has 2 aromatic heterocycles. The number of nitrogens with zero attached hydrogens (tertiary/aromatic N) is 2. The van der Waals surface area contributed by atoms with Crippen LogP contribution in [0.15, 0.2) is 48.5 Å². The molecule has 8 heteroatoms. The number of carbonyl (C=O) groups is 2. The lowest BCUT2D eigenvalue weighted by Crippen LogP contribution is -2.57. The molecule has 1 fully saturated rings. The molecule has 5 heterocycles. The Hall–Kier alpha value is -3.88. The normalized spacial score (nSPS) is 26.3. The van der Waals surface area contributed by atoms with Crippen LogP contribution < -0.4 is 5.32 Å².